The lowest BCUT2D eigenvalue weighted by atomic mass is 9.82. The minimum Gasteiger partial charge on any atom is -0.399 e. The average molecular weight is 178 g/mol. The van der Waals surface area contributed by atoms with Crippen LogP contribution in [0.4, 0.5) is 5.69 Å². The van der Waals surface area contributed by atoms with Crippen LogP contribution in [0.2, 0.25) is 0 Å². The van der Waals surface area contributed by atoms with E-state index in [0.29, 0.717) is 5.92 Å². The summed E-state index contributed by atoms with van der Waals surface area (Å²) in [4.78, 5) is 0. The van der Waals surface area contributed by atoms with Gasteiger partial charge in [0.05, 0.1) is 0 Å². The predicted octanol–water partition coefficient (Wildman–Crippen LogP) is 2.10. The van der Waals surface area contributed by atoms with Gasteiger partial charge in [0, 0.05) is 11.2 Å². The van der Waals surface area contributed by atoms with Crippen molar-refractivity contribution in [2.75, 3.05) is 5.73 Å². The van der Waals surface area contributed by atoms with Crippen molar-refractivity contribution in [3.63, 3.8) is 0 Å². The molecule has 13 heavy (non-hydrogen) atoms. The summed E-state index contributed by atoms with van der Waals surface area (Å²) in [6, 6.07) is 7.79. The highest BCUT2D eigenvalue weighted by atomic mass is 14.7. The number of hydrogen-bond donors (Lipinski definition) is 2. The first-order chi connectivity index (χ1) is 5.94. The first-order valence-corrected chi connectivity index (χ1v) is 4.59. The van der Waals surface area contributed by atoms with Crippen molar-refractivity contribution in [1.29, 1.82) is 0 Å². The monoisotopic (exact) mass is 178 g/mol. The first kappa shape index (κ1) is 10.1. The molecule has 0 aromatic heterocycles. The summed E-state index contributed by atoms with van der Waals surface area (Å²) < 4.78 is 0. The molecule has 0 amide bonds. The van der Waals surface area contributed by atoms with Crippen LogP contribution in [0, 0.1) is 5.92 Å². The number of rotatable bonds is 2. The van der Waals surface area contributed by atoms with Crippen molar-refractivity contribution < 1.29 is 0 Å². The second kappa shape index (κ2) is 3.38. The van der Waals surface area contributed by atoms with Crippen LogP contribution in [0.1, 0.15) is 26.3 Å². The number of benzene rings is 1. The van der Waals surface area contributed by atoms with E-state index in [1.54, 1.807) is 0 Å². The van der Waals surface area contributed by atoms with Crippen LogP contribution in [0.25, 0.3) is 0 Å². The minimum atomic E-state index is -0.296. The molecule has 0 aliphatic carbocycles. The molecule has 0 fully saturated rings. The molecular formula is C11H18N2. The molecule has 1 aromatic carbocycles. The maximum atomic E-state index is 6.19. The van der Waals surface area contributed by atoms with E-state index in [1.165, 1.54) is 0 Å². The van der Waals surface area contributed by atoms with Crippen molar-refractivity contribution >= 4 is 5.69 Å². The quantitative estimate of drug-likeness (QED) is 0.681. The smallest absolute Gasteiger partial charge is 0.0405 e. The van der Waals surface area contributed by atoms with Crippen LogP contribution < -0.4 is 11.5 Å². The Bertz CT molecular complexity index is 290. The normalized spacial score (nSPS) is 15.8. The summed E-state index contributed by atoms with van der Waals surface area (Å²) in [6.07, 6.45) is 0. The Morgan fingerprint density at radius 2 is 1.92 bits per heavy atom. The Kier molecular flexibility index (Phi) is 2.62. The van der Waals surface area contributed by atoms with Gasteiger partial charge in [0.25, 0.3) is 0 Å². The Hall–Kier alpha value is -1.02. The fraction of sp³-hybridized carbons (Fsp3) is 0.455. The highest BCUT2D eigenvalue weighted by Crippen LogP contribution is 2.26. The van der Waals surface area contributed by atoms with Gasteiger partial charge in [-0.3, -0.25) is 0 Å². The Morgan fingerprint density at radius 3 is 2.38 bits per heavy atom. The van der Waals surface area contributed by atoms with Crippen molar-refractivity contribution in [2.24, 2.45) is 11.7 Å². The lowest BCUT2D eigenvalue weighted by molar-refractivity contribution is 0.351. The molecule has 0 bridgehead atoms. The van der Waals surface area contributed by atoms with Crippen LogP contribution in [0.5, 0.6) is 0 Å². The topological polar surface area (TPSA) is 52.0 Å². The molecule has 1 rings (SSSR count). The van der Waals surface area contributed by atoms with Gasteiger partial charge in [-0.1, -0.05) is 26.0 Å². The van der Waals surface area contributed by atoms with E-state index < -0.39 is 0 Å². The summed E-state index contributed by atoms with van der Waals surface area (Å²) in [5.74, 6) is 0.397. The van der Waals surface area contributed by atoms with Gasteiger partial charge in [0.1, 0.15) is 0 Å². The van der Waals surface area contributed by atoms with E-state index in [0.717, 1.165) is 11.3 Å². The summed E-state index contributed by atoms with van der Waals surface area (Å²) >= 11 is 0. The van der Waals surface area contributed by atoms with Crippen LogP contribution in [-0.4, -0.2) is 0 Å². The fourth-order valence-electron chi connectivity index (χ4n) is 1.21. The lowest BCUT2D eigenvalue weighted by Gasteiger charge is -2.29. The molecule has 0 saturated carbocycles. The zero-order valence-electron chi connectivity index (χ0n) is 8.54. The molecule has 0 spiro atoms. The molecule has 1 aromatic rings. The Labute approximate surface area is 79.9 Å². The van der Waals surface area contributed by atoms with Crippen LogP contribution in [-0.2, 0) is 5.54 Å². The summed E-state index contributed by atoms with van der Waals surface area (Å²) in [6.45, 7) is 6.26. The van der Waals surface area contributed by atoms with Gasteiger partial charge in [-0.2, -0.15) is 0 Å². The molecule has 0 unspecified atom stereocenters. The fourth-order valence-corrected chi connectivity index (χ4v) is 1.21. The summed E-state index contributed by atoms with van der Waals surface area (Å²) in [5, 5.41) is 0. The van der Waals surface area contributed by atoms with Crippen LogP contribution in [0.15, 0.2) is 24.3 Å². The Morgan fingerprint density at radius 1 is 1.31 bits per heavy atom. The van der Waals surface area contributed by atoms with E-state index in [9.17, 15) is 0 Å². The molecule has 0 saturated heterocycles. The number of hydrogen-bond acceptors (Lipinski definition) is 2. The zero-order chi connectivity index (χ0) is 10.1. The number of nitrogens with two attached hydrogens (primary N) is 2. The molecule has 0 heterocycles. The third-order valence-electron chi connectivity index (χ3n) is 2.71. The molecule has 2 nitrogen and oxygen atoms in total. The number of nitrogen functional groups attached to an aromatic ring is 1. The third-order valence-corrected chi connectivity index (χ3v) is 2.71. The van der Waals surface area contributed by atoms with Gasteiger partial charge in [-0.15, -0.1) is 0 Å². The second-order valence-electron chi connectivity index (χ2n) is 4.06. The first-order valence-electron chi connectivity index (χ1n) is 4.59. The van der Waals surface area contributed by atoms with Gasteiger partial charge in [-0.25, -0.2) is 0 Å². The van der Waals surface area contributed by atoms with Crippen LogP contribution in [0.3, 0.4) is 0 Å². The van der Waals surface area contributed by atoms with E-state index in [2.05, 4.69) is 13.8 Å². The molecule has 72 valence electrons. The standard InChI is InChI=1S/C11H18N2/c1-8(2)11(3,13)9-5-4-6-10(12)7-9/h4-8H,12-13H2,1-3H3/t11-/m0/s1. The summed E-state index contributed by atoms with van der Waals surface area (Å²) in [7, 11) is 0. The van der Waals surface area contributed by atoms with E-state index >= 15 is 0 Å². The summed E-state index contributed by atoms with van der Waals surface area (Å²) in [5.41, 5.74) is 13.5. The molecule has 0 aliphatic heterocycles. The van der Waals surface area contributed by atoms with Gasteiger partial charge in [0.15, 0.2) is 0 Å². The number of anilines is 1. The van der Waals surface area contributed by atoms with Gasteiger partial charge < -0.3 is 11.5 Å². The average Bonchev–Trinajstić information content (AvgIpc) is 2.04. The Balaban J connectivity index is 3.07. The predicted molar refractivity (Wildman–Crippen MR) is 57.2 cm³/mol. The molecular weight excluding hydrogens is 160 g/mol. The van der Waals surface area contributed by atoms with Crippen molar-refractivity contribution in [2.45, 2.75) is 26.3 Å². The highest BCUT2D eigenvalue weighted by molar-refractivity contribution is 5.43. The molecule has 1 atom stereocenters. The third kappa shape index (κ3) is 2.01. The zero-order valence-corrected chi connectivity index (χ0v) is 8.54. The SMILES string of the molecule is CC(C)[C@](C)(N)c1cccc(N)c1. The molecule has 2 heteroatoms. The van der Waals surface area contributed by atoms with E-state index in [4.69, 9.17) is 11.5 Å². The van der Waals surface area contributed by atoms with Crippen LogP contribution >= 0.6 is 0 Å². The van der Waals surface area contributed by atoms with Crippen molar-refractivity contribution in [3.05, 3.63) is 29.8 Å². The molecule has 0 aliphatic rings. The minimum absolute atomic E-state index is 0.296. The molecule has 0 radical (unpaired) electrons. The van der Waals surface area contributed by atoms with E-state index in [1.807, 2.05) is 31.2 Å². The maximum Gasteiger partial charge on any atom is 0.0405 e. The van der Waals surface area contributed by atoms with Crippen molar-refractivity contribution in [1.82, 2.24) is 0 Å². The van der Waals surface area contributed by atoms with Crippen molar-refractivity contribution in [3.8, 4) is 0 Å². The van der Waals surface area contributed by atoms with Gasteiger partial charge in [0.2, 0.25) is 0 Å². The van der Waals surface area contributed by atoms with E-state index in [-0.39, 0.29) is 5.54 Å². The largest absolute Gasteiger partial charge is 0.399 e. The lowest BCUT2D eigenvalue weighted by Crippen LogP contribution is -2.38. The maximum absolute atomic E-state index is 6.19. The molecule has 4 N–H and O–H groups in total. The second-order valence-corrected chi connectivity index (χ2v) is 4.06. The van der Waals surface area contributed by atoms with Gasteiger partial charge >= 0.3 is 0 Å². The van der Waals surface area contributed by atoms with Gasteiger partial charge in [-0.05, 0) is 30.5 Å². The highest BCUT2D eigenvalue weighted by Gasteiger charge is 2.24.